The van der Waals surface area contributed by atoms with Gasteiger partial charge in [-0.2, -0.15) is 5.10 Å². The van der Waals surface area contributed by atoms with Crippen LogP contribution in [0.2, 0.25) is 0 Å². The maximum Gasteiger partial charge on any atom is 0.277 e. The Morgan fingerprint density at radius 2 is 2.21 bits per heavy atom. The van der Waals surface area contributed by atoms with Gasteiger partial charge in [0, 0.05) is 11.9 Å². The maximum atomic E-state index is 12.0. The Bertz CT molecular complexity index is 557. The van der Waals surface area contributed by atoms with Crippen LogP contribution in [0.3, 0.4) is 0 Å². The Kier molecular flexibility index (Phi) is 3.94. The van der Waals surface area contributed by atoms with Gasteiger partial charge in [-0.3, -0.25) is 9.89 Å². The van der Waals surface area contributed by atoms with E-state index < -0.39 is 0 Å². The number of aryl methyl sites for hydroxylation is 1. The molecule has 0 spiro atoms. The van der Waals surface area contributed by atoms with E-state index in [9.17, 15) is 4.79 Å². The molecule has 2 N–H and O–H groups in total. The van der Waals surface area contributed by atoms with Crippen LogP contribution >= 0.6 is 0 Å². The molecule has 0 aliphatic rings. The van der Waals surface area contributed by atoms with E-state index in [0.29, 0.717) is 17.4 Å². The van der Waals surface area contributed by atoms with Crippen LogP contribution in [0.5, 0.6) is 0 Å². The highest BCUT2D eigenvalue weighted by Crippen LogP contribution is 2.09. The molecule has 0 aliphatic heterocycles. The maximum absolute atomic E-state index is 12.0. The van der Waals surface area contributed by atoms with E-state index in [4.69, 9.17) is 0 Å². The third-order valence-electron chi connectivity index (χ3n) is 2.64. The van der Waals surface area contributed by atoms with Gasteiger partial charge in [-0.15, -0.1) is 0 Å². The molecule has 2 heterocycles. The lowest BCUT2D eigenvalue weighted by Crippen LogP contribution is -2.13. The summed E-state index contributed by atoms with van der Waals surface area (Å²) in [6.45, 7) is 6.19. The van der Waals surface area contributed by atoms with Crippen molar-refractivity contribution in [2.75, 3.05) is 5.32 Å². The van der Waals surface area contributed by atoms with E-state index in [0.717, 1.165) is 17.7 Å². The number of nitrogens with zero attached hydrogens (tertiary/aromatic N) is 2. The van der Waals surface area contributed by atoms with Gasteiger partial charge in [0.2, 0.25) is 0 Å². The first-order valence-corrected chi connectivity index (χ1v) is 6.33. The van der Waals surface area contributed by atoms with Crippen molar-refractivity contribution in [3.8, 4) is 0 Å². The number of anilines is 1. The Morgan fingerprint density at radius 1 is 1.42 bits per heavy atom. The fourth-order valence-corrected chi connectivity index (χ4v) is 1.74. The lowest BCUT2D eigenvalue weighted by Gasteiger charge is -2.02. The van der Waals surface area contributed by atoms with Gasteiger partial charge in [-0.25, -0.2) is 4.98 Å². The fraction of sp³-hybridized carbons (Fsp3) is 0.357. The van der Waals surface area contributed by atoms with E-state index in [1.54, 1.807) is 18.3 Å². The molecule has 1 amide bonds. The van der Waals surface area contributed by atoms with Gasteiger partial charge in [-0.1, -0.05) is 19.9 Å². The SMILES string of the molecule is Cc1ccc(NC(=O)c2cc(CC(C)C)[nH]n2)nc1. The van der Waals surface area contributed by atoms with E-state index in [1.165, 1.54) is 0 Å². The second-order valence-electron chi connectivity index (χ2n) is 5.05. The minimum Gasteiger partial charge on any atom is -0.305 e. The number of nitrogens with one attached hydrogen (secondary N) is 2. The Morgan fingerprint density at radius 3 is 2.84 bits per heavy atom. The van der Waals surface area contributed by atoms with E-state index in [2.05, 4.69) is 34.3 Å². The number of aromatic nitrogens is 3. The number of hydrogen-bond acceptors (Lipinski definition) is 3. The summed E-state index contributed by atoms with van der Waals surface area (Å²) in [4.78, 5) is 16.1. The van der Waals surface area contributed by atoms with Crippen LogP contribution < -0.4 is 5.32 Å². The number of pyridine rings is 1. The van der Waals surface area contributed by atoms with Crippen LogP contribution in [0.4, 0.5) is 5.82 Å². The van der Waals surface area contributed by atoms with Crippen molar-refractivity contribution in [1.82, 2.24) is 15.2 Å². The van der Waals surface area contributed by atoms with Crippen LogP contribution in [-0.4, -0.2) is 21.1 Å². The predicted octanol–water partition coefficient (Wildman–Crippen LogP) is 2.56. The van der Waals surface area contributed by atoms with Gasteiger partial charge in [0.05, 0.1) is 0 Å². The molecule has 5 nitrogen and oxygen atoms in total. The van der Waals surface area contributed by atoms with Gasteiger partial charge >= 0.3 is 0 Å². The average molecular weight is 258 g/mol. The van der Waals surface area contributed by atoms with Gasteiger partial charge in [0.25, 0.3) is 5.91 Å². The van der Waals surface area contributed by atoms with Crippen molar-refractivity contribution >= 4 is 11.7 Å². The van der Waals surface area contributed by atoms with Gasteiger partial charge in [0.1, 0.15) is 5.82 Å². The summed E-state index contributed by atoms with van der Waals surface area (Å²) < 4.78 is 0. The first-order chi connectivity index (χ1) is 9.04. The average Bonchev–Trinajstić information content (AvgIpc) is 2.80. The van der Waals surface area contributed by atoms with Crippen molar-refractivity contribution in [3.63, 3.8) is 0 Å². The zero-order valence-corrected chi connectivity index (χ0v) is 11.4. The van der Waals surface area contributed by atoms with E-state index >= 15 is 0 Å². The van der Waals surface area contributed by atoms with Crippen molar-refractivity contribution in [1.29, 1.82) is 0 Å². The number of rotatable bonds is 4. The molecular formula is C14H18N4O. The number of aromatic amines is 1. The fourth-order valence-electron chi connectivity index (χ4n) is 1.74. The second-order valence-corrected chi connectivity index (χ2v) is 5.05. The Hall–Kier alpha value is -2.17. The summed E-state index contributed by atoms with van der Waals surface area (Å²) in [6, 6.07) is 5.45. The van der Waals surface area contributed by atoms with Crippen molar-refractivity contribution in [3.05, 3.63) is 41.3 Å². The Balaban J connectivity index is 2.03. The number of carbonyl (C=O) groups excluding carboxylic acids is 1. The van der Waals surface area contributed by atoms with Crippen molar-refractivity contribution < 1.29 is 4.79 Å². The quantitative estimate of drug-likeness (QED) is 0.885. The van der Waals surface area contributed by atoms with Crippen LogP contribution in [0.1, 0.15) is 35.6 Å². The number of amides is 1. The molecule has 0 saturated carbocycles. The van der Waals surface area contributed by atoms with E-state index in [-0.39, 0.29) is 5.91 Å². The third kappa shape index (κ3) is 3.64. The van der Waals surface area contributed by atoms with Gasteiger partial charge in [0.15, 0.2) is 5.69 Å². The summed E-state index contributed by atoms with van der Waals surface area (Å²) in [5.74, 6) is 0.807. The smallest absolute Gasteiger partial charge is 0.277 e. The molecule has 0 saturated heterocycles. The lowest BCUT2D eigenvalue weighted by molar-refractivity contribution is 0.102. The molecule has 2 rings (SSSR count). The zero-order valence-electron chi connectivity index (χ0n) is 11.4. The normalized spacial score (nSPS) is 10.7. The summed E-state index contributed by atoms with van der Waals surface area (Å²) >= 11 is 0. The molecule has 0 bridgehead atoms. The standard InChI is InChI=1S/C14H18N4O/c1-9(2)6-11-7-12(18-17-11)14(19)16-13-5-4-10(3)8-15-13/h4-5,7-9H,6H2,1-3H3,(H,17,18)(H,15,16,19). The molecule has 0 atom stereocenters. The molecule has 2 aromatic rings. The summed E-state index contributed by atoms with van der Waals surface area (Å²) in [5, 5.41) is 9.62. The molecular weight excluding hydrogens is 240 g/mol. The first kappa shape index (κ1) is 13.3. The molecule has 2 aromatic heterocycles. The summed E-state index contributed by atoms with van der Waals surface area (Å²) in [7, 11) is 0. The topological polar surface area (TPSA) is 70.7 Å². The first-order valence-electron chi connectivity index (χ1n) is 6.33. The zero-order chi connectivity index (χ0) is 13.8. The Labute approximate surface area is 112 Å². The van der Waals surface area contributed by atoms with E-state index in [1.807, 2.05) is 13.0 Å². The number of hydrogen-bond donors (Lipinski definition) is 2. The predicted molar refractivity (Wildman–Crippen MR) is 74.1 cm³/mol. The van der Waals surface area contributed by atoms with Gasteiger partial charge < -0.3 is 5.32 Å². The van der Waals surface area contributed by atoms with Crippen LogP contribution in [0.15, 0.2) is 24.4 Å². The van der Waals surface area contributed by atoms with Gasteiger partial charge in [-0.05, 0) is 37.0 Å². The van der Waals surface area contributed by atoms with Crippen LogP contribution in [0.25, 0.3) is 0 Å². The monoisotopic (exact) mass is 258 g/mol. The molecule has 19 heavy (non-hydrogen) atoms. The highest BCUT2D eigenvalue weighted by molar-refractivity contribution is 6.02. The molecule has 0 aliphatic carbocycles. The molecule has 0 aromatic carbocycles. The molecule has 5 heteroatoms. The number of carbonyl (C=O) groups is 1. The minimum absolute atomic E-state index is 0.248. The lowest BCUT2D eigenvalue weighted by atomic mass is 10.1. The largest absolute Gasteiger partial charge is 0.305 e. The van der Waals surface area contributed by atoms with Crippen LogP contribution in [-0.2, 0) is 6.42 Å². The molecule has 0 radical (unpaired) electrons. The molecule has 0 unspecified atom stereocenters. The highest BCUT2D eigenvalue weighted by atomic mass is 16.2. The van der Waals surface area contributed by atoms with Crippen molar-refractivity contribution in [2.24, 2.45) is 5.92 Å². The number of H-pyrrole nitrogens is 1. The van der Waals surface area contributed by atoms with Crippen LogP contribution in [0, 0.1) is 12.8 Å². The molecule has 0 fully saturated rings. The third-order valence-corrected chi connectivity index (χ3v) is 2.64. The molecule has 100 valence electrons. The highest BCUT2D eigenvalue weighted by Gasteiger charge is 2.11. The minimum atomic E-state index is -0.248. The summed E-state index contributed by atoms with van der Waals surface area (Å²) in [5.41, 5.74) is 2.41. The summed E-state index contributed by atoms with van der Waals surface area (Å²) in [6.07, 6.45) is 2.59. The van der Waals surface area contributed by atoms with Crippen molar-refractivity contribution in [2.45, 2.75) is 27.2 Å². The second kappa shape index (κ2) is 5.65.